The number of amides is 2. The molecule has 1 rings (SSSR count). The zero-order valence-corrected chi connectivity index (χ0v) is 12.2. The third kappa shape index (κ3) is 5.49. The Hall–Kier alpha value is -1.26. The van der Waals surface area contributed by atoms with Crippen LogP contribution in [-0.2, 0) is 4.79 Å². The topological polar surface area (TPSA) is 69.6 Å². The summed E-state index contributed by atoms with van der Waals surface area (Å²) in [6, 6.07) is -0.917. The van der Waals surface area contributed by atoms with Gasteiger partial charge in [0.05, 0.1) is 0 Å². The fraction of sp³-hybridized carbons (Fsp3) is 0.857. The SMILES string of the molecule is CCCCC(NC(=O)N(CC1CC1)C(C)C)C(=O)O. The molecule has 0 aromatic rings. The molecule has 110 valence electrons. The van der Waals surface area contributed by atoms with E-state index >= 15 is 0 Å². The minimum atomic E-state index is -0.947. The predicted octanol–water partition coefficient (Wildman–Crippen LogP) is 2.46. The smallest absolute Gasteiger partial charge is 0.326 e. The molecule has 1 atom stereocenters. The number of carbonyl (C=O) groups is 2. The van der Waals surface area contributed by atoms with E-state index in [-0.39, 0.29) is 12.1 Å². The van der Waals surface area contributed by atoms with Gasteiger partial charge in [-0.1, -0.05) is 19.8 Å². The average molecular weight is 270 g/mol. The van der Waals surface area contributed by atoms with Gasteiger partial charge in [-0.2, -0.15) is 0 Å². The van der Waals surface area contributed by atoms with Gasteiger partial charge in [0, 0.05) is 12.6 Å². The van der Waals surface area contributed by atoms with E-state index in [1.165, 1.54) is 12.8 Å². The van der Waals surface area contributed by atoms with E-state index in [4.69, 9.17) is 5.11 Å². The molecule has 1 aliphatic carbocycles. The van der Waals surface area contributed by atoms with Gasteiger partial charge in [-0.05, 0) is 39.0 Å². The maximum atomic E-state index is 12.2. The van der Waals surface area contributed by atoms with Crippen molar-refractivity contribution in [1.29, 1.82) is 0 Å². The molecule has 0 saturated heterocycles. The van der Waals surface area contributed by atoms with Crippen LogP contribution in [0, 0.1) is 5.92 Å². The fourth-order valence-electron chi connectivity index (χ4n) is 2.00. The number of carbonyl (C=O) groups excluding carboxylic acids is 1. The zero-order valence-electron chi connectivity index (χ0n) is 12.2. The number of carboxylic acids is 1. The monoisotopic (exact) mass is 270 g/mol. The van der Waals surface area contributed by atoms with Crippen molar-refractivity contribution in [2.24, 2.45) is 5.92 Å². The molecule has 2 amide bonds. The Bertz CT molecular complexity index is 314. The summed E-state index contributed by atoms with van der Waals surface area (Å²) in [6.45, 7) is 6.67. The Kier molecular flexibility index (Phi) is 6.12. The summed E-state index contributed by atoms with van der Waals surface area (Å²) in [4.78, 5) is 25.1. The first-order valence-electron chi connectivity index (χ1n) is 7.25. The summed E-state index contributed by atoms with van der Waals surface area (Å²) in [5.41, 5.74) is 0. The van der Waals surface area contributed by atoms with Crippen molar-refractivity contribution in [3.63, 3.8) is 0 Å². The molecule has 1 aliphatic rings. The lowest BCUT2D eigenvalue weighted by molar-refractivity contribution is -0.139. The molecule has 1 unspecified atom stereocenters. The number of rotatable bonds is 8. The molecule has 0 radical (unpaired) electrons. The van der Waals surface area contributed by atoms with Gasteiger partial charge in [0.15, 0.2) is 0 Å². The summed E-state index contributed by atoms with van der Waals surface area (Å²) in [5.74, 6) is -0.344. The van der Waals surface area contributed by atoms with Crippen LogP contribution in [0.2, 0.25) is 0 Å². The van der Waals surface area contributed by atoms with Crippen molar-refractivity contribution in [2.75, 3.05) is 6.54 Å². The van der Waals surface area contributed by atoms with Crippen LogP contribution in [0.25, 0.3) is 0 Å². The van der Waals surface area contributed by atoms with Crippen molar-refractivity contribution >= 4 is 12.0 Å². The third-order valence-electron chi connectivity index (χ3n) is 3.48. The summed E-state index contributed by atoms with van der Waals surface area (Å²) in [7, 11) is 0. The number of hydrogen-bond donors (Lipinski definition) is 2. The highest BCUT2D eigenvalue weighted by Crippen LogP contribution is 2.30. The van der Waals surface area contributed by atoms with Gasteiger partial charge in [-0.15, -0.1) is 0 Å². The molecule has 2 N–H and O–H groups in total. The Balaban J connectivity index is 2.53. The van der Waals surface area contributed by atoms with Gasteiger partial charge in [0.1, 0.15) is 6.04 Å². The van der Waals surface area contributed by atoms with Crippen molar-refractivity contribution in [3.8, 4) is 0 Å². The quantitative estimate of drug-likeness (QED) is 0.712. The molecule has 0 aromatic heterocycles. The maximum absolute atomic E-state index is 12.2. The molecular formula is C14H26N2O3. The maximum Gasteiger partial charge on any atom is 0.326 e. The van der Waals surface area contributed by atoms with E-state index in [1.807, 2.05) is 20.8 Å². The molecule has 1 saturated carbocycles. The molecule has 5 heteroatoms. The Morgan fingerprint density at radius 3 is 2.42 bits per heavy atom. The first-order chi connectivity index (χ1) is 8.95. The summed E-state index contributed by atoms with van der Waals surface area (Å²) in [5, 5.41) is 11.8. The highest BCUT2D eigenvalue weighted by atomic mass is 16.4. The van der Waals surface area contributed by atoms with Gasteiger partial charge in [0.2, 0.25) is 0 Å². The van der Waals surface area contributed by atoms with E-state index in [0.29, 0.717) is 12.3 Å². The molecule has 1 fully saturated rings. The molecule has 0 aliphatic heterocycles. The number of urea groups is 1. The number of nitrogens with zero attached hydrogens (tertiary/aromatic N) is 1. The summed E-state index contributed by atoms with van der Waals surface area (Å²) in [6.07, 6.45) is 4.58. The van der Waals surface area contributed by atoms with E-state index < -0.39 is 12.0 Å². The second-order valence-electron chi connectivity index (χ2n) is 5.67. The number of unbranched alkanes of at least 4 members (excludes halogenated alkanes) is 1. The summed E-state index contributed by atoms with van der Waals surface area (Å²) < 4.78 is 0. The van der Waals surface area contributed by atoms with Crippen LogP contribution in [0.15, 0.2) is 0 Å². The predicted molar refractivity (Wildman–Crippen MR) is 74.0 cm³/mol. The van der Waals surface area contributed by atoms with Crippen LogP contribution >= 0.6 is 0 Å². The van der Waals surface area contributed by atoms with Gasteiger partial charge < -0.3 is 15.3 Å². The normalized spacial score (nSPS) is 16.2. The Labute approximate surface area is 115 Å². The minimum Gasteiger partial charge on any atom is -0.480 e. The number of carboxylic acid groups (broad SMARTS) is 1. The van der Waals surface area contributed by atoms with Crippen LogP contribution in [0.1, 0.15) is 52.9 Å². The van der Waals surface area contributed by atoms with Crippen molar-refractivity contribution in [3.05, 3.63) is 0 Å². The van der Waals surface area contributed by atoms with Gasteiger partial charge in [0.25, 0.3) is 0 Å². The lowest BCUT2D eigenvalue weighted by Gasteiger charge is -2.28. The van der Waals surface area contributed by atoms with Gasteiger partial charge in [-0.3, -0.25) is 0 Å². The van der Waals surface area contributed by atoms with Crippen molar-refractivity contribution in [2.45, 2.75) is 65.0 Å². The highest BCUT2D eigenvalue weighted by molar-refractivity contribution is 5.82. The first-order valence-corrected chi connectivity index (χ1v) is 7.25. The first kappa shape index (κ1) is 15.8. The van der Waals surface area contributed by atoms with Gasteiger partial charge >= 0.3 is 12.0 Å². The van der Waals surface area contributed by atoms with E-state index in [1.54, 1.807) is 4.90 Å². The molecular weight excluding hydrogens is 244 g/mol. The lowest BCUT2D eigenvalue weighted by Crippen LogP contribution is -2.50. The number of aliphatic carboxylic acids is 1. The molecule has 19 heavy (non-hydrogen) atoms. The number of hydrogen-bond acceptors (Lipinski definition) is 2. The average Bonchev–Trinajstić information content (AvgIpc) is 3.14. The standard InChI is InChI=1S/C14H26N2O3/c1-4-5-6-12(13(17)18)15-14(19)16(10(2)3)9-11-7-8-11/h10-12H,4-9H2,1-3H3,(H,15,19)(H,17,18). The third-order valence-corrected chi connectivity index (χ3v) is 3.48. The Morgan fingerprint density at radius 1 is 1.37 bits per heavy atom. The van der Waals surface area contributed by atoms with Crippen molar-refractivity contribution < 1.29 is 14.7 Å². The second-order valence-corrected chi connectivity index (χ2v) is 5.67. The Morgan fingerprint density at radius 2 is 2.00 bits per heavy atom. The lowest BCUT2D eigenvalue weighted by atomic mass is 10.1. The zero-order chi connectivity index (χ0) is 14.4. The molecule has 0 heterocycles. The fourth-order valence-corrected chi connectivity index (χ4v) is 2.00. The highest BCUT2D eigenvalue weighted by Gasteiger charge is 2.30. The van der Waals surface area contributed by atoms with Crippen LogP contribution in [0.3, 0.4) is 0 Å². The van der Waals surface area contributed by atoms with E-state index in [2.05, 4.69) is 5.32 Å². The summed E-state index contributed by atoms with van der Waals surface area (Å²) >= 11 is 0. The second kappa shape index (κ2) is 7.36. The van der Waals surface area contributed by atoms with Crippen LogP contribution in [-0.4, -0.2) is 40.6 Å². The molecule has 5 nitrogen and oxygen atoms in total. The molecule has 0 spiro atoms. The van der Waals surface area contributed by atoms with Gasteiger partial charge in [-0.25, -0.2) is 9.59 Å². The van der Waals surface area contributed by atoms with Crippen molar-refractivity contribution in [1.82, 2.24) is 10.2 Å². The van der Waals surface area contributed by atoms with Crippen LogP contribution in [0.5, 0.6) is 0 Å². The van der Waals surface area contributed by atoms with Crippen LogP contribution in [0.4, 0.5) is 4.79 Å². The largest absolute Gasteiger partial charge is 0.480 e. The molecule has 0 bridgehead atoms. The van der Waals surface area contributed by atoms with Crippen LogP contribution < -0.4 is 5.32 Å². The van der Waals surface area contributed by atoms with E-state index in [9.17, 15) is 9.59 Å². The number of nitrogens with one attached hydrogen (secondary N) is 1. The molecule has 0 aromatic carbocycles. The van der Waals surface area contributed by atoms with E-state index in [0.717, 1.165) is 19.4 Å². The minimum absolute atomic E-state index is 0.0984.